The van der Waals surface area contributed by atoms with Crippen molar-refractivity contribution in [1.29, 1.82) is 0 Å². The van der Waals surface area contributed by atoms with Gasteiger partial charge in [0.05, 0.1) is 0 Å². The highest BCUT2D eigenvalue weighted by molar-refractivity contribution is 5.79. The molecule has 72 valence electrons. The second-order valence-corrected chi connectivity index (χ2v) is 2.33. The number of aromatic amines is 1. The molecule has 13 heavy (non-hydrogen) atoms. The Morgan fingerprint density at radius 3 is 3.00 bits per heavy atom. The first-order valence-corrected chi connectivity index (χ1v) is 3.97. The molecule has 0 unspecified atom stereocenters. The molecule has 0 fully saturated rings. The van der Waals surface area contributed by atoms with Crippen LogP contribution in [-0.4, -0.2) is 47.2 Å². The van der Waals surface area contributed by atoms with Crippen molar-refractivity contribution in [3.8, 4) is 0 Å². The maximum atomic E-state index is 3.96. The Balaban J connectivity index is 2.21. The van der Waals surface area contributed by atoms with Crippen molar-refractivity contribution in [2.45, 2.75) is 6.42 Å². The lowest BCUT2D eigenvalue weighted by Crippen LogP contribution is -2.35. The average Bonchev–Trinajstić information content (AvgIpc) is 2.65. The molecule has 0 aromatic carbocycles. The number of hydrogen-bond acceptors (Lipinski definition) is 4. The van der Waals surface area contributed by atoms with Gasteiger partial charge in [-0.3, -0.25) is 4.99 Å². The predicted molar refractivity (Wildman–Crippen MR) is 48.3 cm³/mol. The van der Waals surface area contributed by atoms with E-state index in [4.69, 9.17) is 0 Å². The molecule has 0 saturated carbocycles. The Bertz CT molecular complexity index is 252. The van der Waals surface area contributed by atoms with Crippen LogP contribution in [0, 0.1) is 0 Å². The maximum Gasteiger partial charge on any atom is 0.190 e. The van der Waals surface area contributed by atoms with Crippen LogP contribution >= 0.6 is 0 Å². The Labute approximate surface area is 76.0 Å². The maximum absolute atomic E-state index is 3.96. The van der Waals surface area contributed by atoms with Gasteiger partial charge in [0.25, 0.3) is 0 Å². The van der Waals surface area contributed by atoms with E-state index in [1.807, 2.05) is 7.05 Å². The van der Waals surface area contributed by atoms with Gasteiger partial charge in [0.15, 0.2) is 11.8 Å². The molecular weight excluding hydrogens is 170 g/mol. The van der Waals surface area contributed by atoms with Crippen molar-refractivity contribution in [1.82, 2.24) is 31.3 Å². The SMILES string of the molecule is CN=C(NC)NCCc1nn[nH]n1. The number of nitrogens with zero attached hydrogens (tertiary/aromatic N) is 4. The van der Waals surface area contributed by atoms with Crippen LogP contribution in [0.2, 0.25) is 0 Å². The lowest BCUT2D eigenvalue weighted by Gasteiger charge is -2.05. The van der Waals surface area contributed by atoms with Gasteiger partial charge in [-0.2, -0.15) is 5.21 Å². The smallest absolute Gasteiger partial charge is 0.190 e. The average molecular weight is 183 g/mol. The lowest BCUT2D eigenvalue weighted by atomic mass is 10.4. The summed E-state index contributed by atoms with van der Waals surface area (Å²) in [7, 11) is 3.52. The van der Waals surface area contributed by atoms with Gasteiger partial charge in [-0.15, -0.1) is 10.2 Å². The van der Waals surface area contributed by atoms with Gasteiger partial charge >= 0.3 is 0 Å². The number of aliphatic imine (C=N–C) groups is 1. The lowest BCUT2D eigenvalue weighted by molar-refractivity contribution is 0.792. The first-order valence-electron chi connectivity index (χ1n) is 3.97. The summed E-state index contributed by atoms with van der Waals surface area (Å²) in [5, 5.41) is 19.5. The zero-order valence-corrected chi connectivity index (χ0v) is 7.70. The minimum absolute atomic E-state index is 0.694. The number of tetrazole rings is 1. The molecular formula is C6H13N7. The standard InChI is InChI=1S/C6H13N7/c1-7-6(8-2)9-4-3-5-10-12-13-11-5/h3-4H2,1-2H3,(H2,7,8,9)(H,10,11,12,13). The number of H-pyrrole nitrogens is 1. The molecule has 0 spiro atoms. The molecule has 0 aliphatic carbocycles. The predicted octanol–water partition coefficient (Wildman–Crippen LogP) is -1.46. The molecule has 3 N–H and O–H groups in total. The summed E-state index contributed by atoms with van der Waals surface area (Å²) < 4.78 is 0. The topological polar surface area (TPSA) is 90.9 Å². The van der Waals surface area contributed by atoms with Crippen LogP contribution in [0.1, 0.15) is 5.82 Å². The third kappa shape index (κ3) is 3.06. The third-order valence-corrected chi connectivity index (χ3v) is 1.49. The summed E-state index contributed by atoms with van der Waals surface area (Å²) in [5.74, 6) is 1.45. The third-order valence-electron chi connectivity index (χ3n) is 1.49. The minimum atomic E-state index is 0.694. The van der Waals surface area contributed by atoms with Crippen LogP contribution in [0.5, 0.6) is 0 Å². The van der Waals surface area contributed by atoms with E-state index in [1.165, 1.54) is 0 Å². The minimum Gasteiger partial charge on any atom is -0.359 e. The highest BCUT2D eigenvalue weighted by Crippen LogP contribution is 1.82. The molecule has 1 aromatic rings. The molecule has 0 aliphatic heterocycles. The summed E-state index contributed by atoms with van der Waals surface area (Å²) >= 11 is 0. The van der Waals surface area contributed by atoms with Crippen molar-refractivity contribution in [3.05, 3.63) is 5.82 Å². The number of guanidine groups is 1. The van der Waals surface area contributed by atoms with E-state index in [2.05, 4.69) is 36.3 Å². The van der Waals surface area contributed by atoms with Crippen LogP contribution in [0.3, 0.4) is 0 Å². The normalized spacial score (nSPS) is 11.4. The van der Waals surface area contributed by atoms with Crippen LogP contribution in [0.25, 0.3) is 0 Å². The van der Waals surface area contributed by atoms with Gasteiger partial charge in [0.2, 0.25) is 0 Å². The van der Waals surface area contributed by atoms with Gasteiger partial charge in [-0.1, -0.05) is 5.21 Å². The number of nitrogens with one attached hydrogen (secondary N) is 3. The van der Waals surface area contributed by atoms with Gasteiger partial charge in [-0.25, -0.2) is 0 Å². The fourth-order valence-corrected chi connectivity index (χ4v) is 0.860. The first kappa shape index (κ1) is 9.43. The molecule has 0 saturated heterocycles. The molecule has 7 heteroatoms. The number of hydrogen-bond donors (Lipinski definition) is 3. The fourth-order valence-electron chi connectivity index (χ4n) is 0.860. The Morgan fingerprint density at radius 2 is 2.46 bits per heavy atom. The molecule has 0 radical (unpaired) electrons. The molecule has 0 aliphatic rings. The van der Waals surface area contributed by atoms with Gasteiger partial charge in [0.1, 0.15) is 0 Å². The van der Waals surface area contributed by atoms with E-state index >= 15 is 0 Å². The molecule has 0 bridgehead atoms. The molecule has 1 rings (SSSR count). The monoisotopic (exact) mass is 183 g/mol. The Hall–Kier alpha value is -1.66. The zero-order valence-electron chi connectivity index (χ0n) is 7.70. The van der Waals surface area contributed by atoms with Crippen molar-refractivity contribution in [2.75, 3.05) is 20.6 Å². The molecule has 0 atom stereocenters. The molecule has 7 nitrogen and oxygen atoms in total. The van der Waals surface area contributed by atoms with E-state index in [-0.39, 0.29) is 0 Å². The second kappa shape index (κ2) is 5.07. The van der Waals surface area contributed by atoms with Crippen molar-refractivity contribution in [3.63, 3.8) is 0 Å². The Kier molecular flexibility index (Phi) is 3.68. The first-order chi connectivity index (χ1) is 6.36. The van der Waals surface area contributed by atoms with Gasteiger partial charge < -0.3 is 10.6 Å². The van der Waals surface area contributed by atoms with Gasteiger partial charge in [0, 0.05) is 27.1 Å². The van der Waals surface area contributed by atoms with E-state index in [1.54, 1.807) is 7.05 Å². The summed E-state index contributed by atoms with van der Waals surface area (Å²) in [4.78, 5) is 3.96. The second-order valence-electron chi connectivity index (χ2n) is 2.33. The van der Waals surface area contributed by atoms with Gasteiger partial charge in [-0.05, 0) is 0 Å². The van der Waals surface area contributed by atoms with E-state index in [0.717, 1.165) is 18.9 Å². The highest BCUT2D eigenvalue weighted by atomic mass is 15.5. The van der Waals surface area contributed by atoms with Crippen LogP contribution in [0.15, 0.2) is 4.99 Å². The highest BCUT2D eigenvalue weighted by Gasteiger charge is 1.97. The summed E-state index contributed by atoms with van der Waals surface area (Å²) in [6, 6.07) is 0. The molecule has 0 amide bonds. The Morgan fingerprint density at radius 1 is 1.62 bits per heavy atom. The van der Waals surface area contributed by atoms with Crippen molar-refractivity contribution in [2.24, 2.45) is 4.99 Å². The summed E-state index contributed by atoms with van der Waals surface area (Å²) in [5.41, 5.74) is 0. The number of rotatable bonds is 3. The van der Waals surface area contributed by atoms with E-state index < -0.39 is 0 Å². The number of aromatic nitrogens is 4. The van der Waals surface area contributed by atoms with Crippen molar-refractivity contribution < 1.29 is 0 Å². The van der Waals surface area contributed by atoms with Crippen molar-refractivity contribution >= 4 is 5.96 Å². The van der Waals surface area contributed by atoms with Crippen LogP contribution in [0.4, 0.5) is 0 Å². The summed E-state index contributed by atoms with van der Waals surface area (Å²) in [6.45, 7) is 0.729. The van der Waals surface area contributed by atoms with Crippen LogP contribution in [-0.2, 0) is 6.42 Å². The molecule has 1 aromatic heterocycles. The fraction of sp³-hybridized carbons (Fsp3) is 0.667. The largest absolute Gasteiger partial charge is 0.359 e. The van der Waals surface area contributed by atoms with Crippen LogP contribution < -0.4 is 10.6 Å². The zero-order chi connectivity index (χ0) is 9.52. The molecule has 1 heterocycles. The van der Waals surface area contributed by atoms with E-state index in [0.29, 0.717) is 5.82 Å². The quantitative estimate of drug-likeness (QED) is 0.393. The summed E-state index contributed by atoms with van der Waals surface area (Å²) in [6.07, 6.45) is 0.719. The van der Waals surface area contributed by atoms with E-state index in [9.17, 15) is 0 Å².